The molecular weight excluding hydrogens is 214 g/mol. The van der Waals surface area contributed by atoms with Gasteiger partial charge in [0.25, 0.3) is 5.88 Å². The Morgan fingerprint density at radius 1 is 1.20 bits per heavy atom. The number of aromatic nitrogens is 3. The lowest BCUT2D eigenvalue weighted by atomic mass is 10.2. The molecule has 0 spiro atoms. The van der Waals surface area contributed by atoms with Crippen molar-refractivity contribution >= 4 is 11.6 Å². The molecule has 0 unspecified atom stereocenters. The van der Waals surface area contributed by atoms with Crippen LogP contribution in [-0.4, -0.2) is 22.3 Å². The zero-order valence-corrected chi connectivity index (χ0v) is 8.77. The Labute approximate surface area is 91.9 Å². The first-order valence-corrected chi connectivity index (χ1v) is 4.67. The van der Waals surface area contributed by atoms with Crippen LogP contribution in [0.3, 0.4) is 0 Å². The molecule has 0 bridgehead atoms. The molecule has 0 aliphatic rings. The number of ether oxygens (including phenoxy) is 1. The summed E-state index contributed by atoms with van der Waals surface area (Å²) in [6, 6.07) is 7.23. The summed E-state index contributed by atoms with van der Waals surface area (Å²) in [4.78, 5) is 4.14. The van der Waals surface area contributed by atoms with Crippen molar-refractivity contribution in [3.8, 4) is 17.3 Å². The van der Waals surface area contributed by atoms with Gasteiger partial charge in [-0.05, 0) is 18.2 Å². The lowest BCUT2D eigenvalue weighted by Gasteiger charge is -2.02. The summed E-state index contributed by atoms with van der Waals surface area (Å²) >= 11 is 5.92. The molecule has 2 rings (SSSR count). The Bertz CT molecular complexity index is 461. The third kappa shape index (κ3) is 2.05. The molecule has 0 radical (unpaired) electrons. The van der Waals surface area contributed by atoms with Crippen molar-refractivity contribution in [2.75, 3.05) is 7.11 Å². The van der Waals surface area contributed by atoms with E-state index >= 15 is 0 Å². The minimum atomic E-state index is 0.316. The minimum absolute atomic E-state index is 0.316. The fraction of sp³-hybridized carbons (Fsp3) is 0.100. The van der Waals surface area contributed by atoms with E-state index in [4.69, 9.17) is 16.3 Å². The number of hydrogen-bond acceptors (Lipinski definition) is 4. The average Bonchev–Trinajstić information content (AvgIpc) is 2.30. The van der Waals surface area contributed by atoms with E-state index in [1.165, 1.54) is 7.11 Å². The van der Waals surface area contributed by atoms with Crippen LogP contribution in [0.15, 0.2) is 30.5 Å². The van der Waals surface area contributed by atoms with Gasteiger partial charge in [-0.1, -0.05) is 17.7 Å². The molecule has 0 aliphatic carbocycles. The Morgan fingerprint density at radius 2 is 2.07 bits per heavy atom. The number of rotatable bonds is 2. The number of nitrogens with zero attached hydrogens (tertiary/aromatic N) is 3. The van der Waals surface area contributed by atoms with Crippen molar-refractivity contribution in [3.63, 3.8) is 0 Å². The highest BCUT2D eigenvalue weighted by Crippen LogP contribution is 2.24. The highest BCUT2D eigenvalue weighted by molar-refractivity contribution is 6.32. The number of halogens is 1. The minimum Gasteiger partial charge on any atom is -0.479 e. The quantitative estimate of drug-likeness (QED) is 0.780. The van der Waals surface area contributed by atoms with Crippen LogP contribution in [-0.2, 0) is 0 Å². The summed E-state index contributed by atoms with van der Waals surface area (Å²) in [6.07, 6.45) is 1.69. The molecule has 0 saturated heterocycles. The normalized spacial score (nSPS) is 10.0. The van der Waals surface area contributed by atoms with Crippen molar-refractivity contribution in [2.24, 2.45) is 0 Å². The van der Waals surface area contributed by atoms with E-state index in [0.29, 0.717) is 16.6 Å². The summed E-state index contributed by atoms with van der Waals surface area (Å²) in [5.74, 6) is 0.316. The molecule has 0 saturated carbocycles. The molecule has 0 amide bonds. The molecule has 2 aromatic heterocycles. The van der Waals surface area contributed by atoms with Crippen molar-refractivity contribution in [2.45, 2.75) is 0 Å². The van der Waals surface area contributed by atoms with Gasteiger partial charge >= 0.3 is 0 Å². The van der Waals surface area contributed by atoms with Gasteiger partial charge in [-0.25, -0.2) is 0 Å². The molecule has 76 valence electrons. The van der Waals surface area contributed by atoms with Gasteiger partial charge in [0, 0.05) is 6.20 Å². The second-order valence-electron chi connectivity index (χ2n) is 2.80. The van der Waals surface area contributed by atoms with Gasteiger partial charge in [-0.15, -0.1) is 10.2 Å². The van der Waals surface area contributed by atoms with Crippen molar-refractivity contribution in [3.05, 3.63) is 35.5 Å². The van der Waals surface area contributed by atoms with Gasteiger partial charge < -0.3 is 4.74 Å². The van der Waals surface area contributed by atoms with Crippen molar-refractivity contribution in [1.82, 2.24) is 15.2 Å². The molecule has 0 aromatic carbocycles. The molecule has 2 aromatic rings. The van der Waals surface area contributed by atoms with Gasteiger partial charge in [0.1, 0.15) is 10.7 Å². The lowest BCUT2D eigenvalue weighted by molar-refractivity contribution is 0.392. The second-order valence-corrected chi connectivity index (χ2v) is 3.21. The van der Waals surface area contributed by atoms with Crippen LogP contribution in [0.5, 0.6) is 5.88 Å². The van der Waals surface area contributed by atoms with E-state index in [1.807, 2.05) is 18.2 Å². The number of methoxy groups -OCH3 is 1. The fourth-order valence-electron chi connectivity index (χ4n) is 1.14. The van der Waals surface area contributed by atoms with Gasteiger partial charge in [-0.2, -0.15) is 0 Å². The van der Waals surface area contributed by atoms with Gasteiger partial charge in [0.2, 0.25) is 0 Å². The first kappa shape index (κ1) is 9.86. The maximum Gasteiger partial charge on any atom is 0.252 e. The van der Waals surface area contributed by atoms with Crippen LogP contribution in [0.25, 0.3) is 11.4 Å². The molecule has 5 heteroatoms. The molecular formula is C10H8ClN3O. The van der Waals surface area contributed by atoms with E-state index in [1.54, 1.807) is 12.3 Å². The predicted octanol–water partition coefficient (Wildman–Crippen LogP) is 2.20. The van der Waals surface area contributed by atoms with E-state index in [9.17, 15) is 0 Å². The lowest BCUT2D eigenvalue weighted by Crippen LogP contribution is -1.94. The molecule has 0 atom stereocenters. The van der Waals surface area contributed by atoms with Crippen LogP contribution >= 0.6 is 11.6 Å². The van der Waals surface area contributed by atoms with E-state index < -0.39 is 0 Å². The smallest absolute Gasteiger partial charge is 0.252 e. The van der Waals surface area contributed by atoms with Crippen LogP contribution < -0.4 is 4.74 Å². The molecule has 0 aliphatic heterocycles. The van der Waals surface area contributed by atoms with Gasteiger partial charge in [0.15, 0.2) is 0 Å². The standard InChI is InChI=1S/C10H8ClN3O/c1-15-10-7(11)6-9(13-14-10)8-4-2-3-5-12-8/h2-6H,1H3. The Kier molecular flexibility index (Phi) is 2.78. The average molecular weight is 222 g/mol. The monoisotopic (exact) mass is 221 g/mol. The Balaban J connectivity index is 2.43. The molecule has 2 heterocycles. The predicted molar refractivity (Wildman–Crippen MR) is 56.8 cm³/mol. The second kappa shape index (κ2) is 4.23. The van der Waals surface area contributed by atoms with Crippen LogP contribution in [0.2, 0.25) is 5.02 Å². The van der Waals surface area contributed by atoms with Crippen molar-refractivity contribution in [1.29, 1.82) is 0 Å². The topological polar surface area (TPSA) is 47.9 Å². The van der Waals surface area contributed by atoms with Crippen LogP contribution in [0, 0.1) is 0 Å². The summed E-state index contributed by atoms with van der Waals surface area (Å²) in [6.45, 7) is 0. The Hall–Kier alpha value is -1.68. The maximum absolute atomic E-state index is 5.92. The summed E-state index contributed by atoms with van der Waals surface area (Å²) in [5.41, 5.74) is 1.36. The molecule has 0 N–H and O–H groups in total. The van der Waals surface area contributed by atoms with Gasteiger partial charge in [-0.3, -0.25) is 4.98 Å². The third-order valence-electron chi connectivity index (χ3n) is 1.84. The van der Waals surface area contributed by atoms with E-state index in [-0.39, 0.29) is 0 Å². The highest BCUT2D eigenvalue weighted by atomic mass is 35.5. The third-order valence-corrected chi connectivity index (χ3v) is 2.11. The maximum atomic E-state index is 5.92. The van der Waals surface area contributed by atoms with Crippen molar-refractivity contribution < 1.29 is 4.74 Å². The molecule has 0 fully saturated rings. The fourth-order valence-corrected chi connectivity index (χ4v) is 1.35. The summed E-state index contributed by atoms with van der Waals surface area (Å²) in [5, 5.41) is 8.21. The molecule has 15 heavy (non-hydrogen) atoms. The van der Waals surface area contributed by atoms with E-state index in [0.717, 1.165) is 5.69 Å². The number of pyridine rings is 1. The Morgan fingerprint density at radius 3 is 2.67 bits per heavy atom. The first-order chi connectivity index (χ1) is 7.31. The van der Waals surface area contributed by atoms with E-state index in [2.05, 4.69) is 15.2 Å². The van der Waals surface area contributed by atoms with Crippen LogP contribution in [0.1, 0.15) is 0 Å². The summed E-state index contributed by atoms with van der Waals surface area (Å²) in [7, 11) is 1.50. The highest BCUT2D eigenvalue weighted by Gasteiger charge is 2.07. The zero-order chi connectivity index (χ0) is 10.7. The first-order valence-electron chi connectivity index (χ1n) is 4.30. The zero-order valence-electron chi connectivity index (χ0n) is 8.01. The largest absolute Gasteiger partial charge is 0.479 e. The SMILES string of the molecule is COc1nnc(-c2ccccn2)cc1Cl. The van der Waals surface area contributed by atoms with Gasteiger partial charge in [0.05, 0.1) is 12.8 Å². The summed E-state index contributed by atoms with van der Waals surface area (Å²) < 4.78 is 4.91. The molecule has 4 nitrogen and oxygen atoms in total. The van der Waals surface area contributed by atoms with Crippen LogP contribution in [0.4, 0.5) is 0 Å². The number of hydrogen-bond donors (Lipinski definition) is 0.